The van der Waals surface area contributed by atoms with Gasteiger partial charge in [0.1, 0.15) is 5.75 Å². The van der Waals surface area contributed by atoms with Crippen molar-refractivity contribution in [2.24, 2.45) is 0 Å². The zero-order valence-corrected chi connectivity index (χ0v) is 10.0. The van der Waals surface area contributed by atoms with Crippen molar-refractivity contribution in [1.82, 2.24) is 5.32 Å². The highest BCUT2D eigenvalue weighted by Crippen LogP contribution is 2.24. The average Bonchev–Trinajstić information content (AvgIpc) is 2.36. The lowest BCUT2D eigenvalue weighted by Gasteiger charge is -2.18. The van der Waals surface area contributed by atoms with E-state index in [1.54, 1.807) is 0 Å². The first-order valence-electron chi connectivity index (χ1n) is 6.05. The fourth-order valence-corrected chi connectivity index (χ4v) is 1.75. The third-order valence-corrected chi connectivity index (χ3v) is 2.72. The molecule has 2 rings (SSSR count). The summed E-state index contributed by atoms with van der Waals surface area (Å²) in [5.41, 5.74) is 1.15. The van der Waals surface area contributed by atoms with Crippen LogP contribution in [0.15, 0.2) is 36.2 Å². The van der Waals surface area contributed by atoms with Crippen molar-refractivity contribution in [1.29, 1.82) is 0 Å². The van der Waals surface area contributed by atoms with E-state index in [1.807, 2.05) is 30.3 Å². The molecule has 0 spiro atoms. The fraction of sp³-hybridized carbons (Fsp3) is 0.357. The van der Waals surface area contributed by atoms with Gasteiger partial charge in [-0.15, -0.1) is 0 Å². The summed E-state index contributed by atoms with van der Waals surface area (Å²) < 4.78 is 5.61. The van der Waals surface area contributed by atoms with E-state index in [0.717, 1.165) is 30.6 Å². The molecule has 1 aliphatic heterocycles. The van der Waals surface area contributed by atoms with Gasteiger partial charge in [-0.05, 0) is 30.5 Å². The molecule has 1 N–H and O–H groups in total. The summed E-state index contributed by atoms with van der Waals surface area (Å²) in [7, 11) is 0. The number of ether oxygens (including phenoxy) is 1. The van der Waals surface area contributed by atoms with Gasteiger partial charge in [-0.1, -0.05) is 31.5 Å². The lowest BCUT2D eigenvalue weighted by Crippen LogP contribution is -2.27. The first-order valence-corrected chi connectivity index (χ1v) is 6.05. The molecule has 17 heavy (non-hydrogen) atoms. The second kappa shape index (κ2) is 5.53. The Morgan fingerprint density at radius 3 is 3.06 bits per heavy atom. The van der Waals surface area contributed by atoms with Crippen molar-refractivity contribution >= 4 is 5.91 Å². The molecule has 1 aromatic carbocycles. The normalized spacial score (nSPS) is 13.4. The molecule has 0 saturated carbocycles. The molecule has 90 valence electrons. The number of amides is 1. The van der Waals surface area contributed by atoms with Crippen LogP contribution in [0.2, 0.25) is 0 Å². The van der Waals surface area contributed by atoms with Gasteiger partial charge in [0.05, 0.1) is 0 Å². The van der Waals surface area contributed by atoms with E-state index in [2.05, 4.69) is 12.2 Å². The highest BCUT2D eigenvalue weighted by Gasteiger charge is 2.13. The molecular weight excluding hydrogens is 214 g/mol. The van der Waals surface area contributed by atoms with Crippen molar-refractivity contribution in [2.45, 2.75) is 32.6 Å². The summed E-state index contributed by atoms with van der Waals surface area (Å²) in [5, 5.41) is 2.79. The molecule has 0 unspecified atom stereocenters. The van der Waals surface area contributed by atoms with Crippen molar-refractivity contribution < 1.29 is 9.53 Å². The Kier molecular flexibility index (Phi) is 3.81. The Hall–Kier alpha value is -1.77. The molecule has 3 heteroatoms. The second-order valence-electron chi connectivity index (χ2n) is 4.13. The van der Waals surface area contributed by atoms with Crippen LogP contribution in [-0.4, -0.2) is 5.91 Å². The molecule has 1 aromatic rings. The first-order chi connectivity index (χ1) is 8.29. The van der Waals surface area contributed by atoms with Crippen LogP contribution in [0.1, 0.15) is 31.7 Å². The van der Waals surface area contributed by atoms with Crippen LogP contribution in [0.3, 0.4) is 0 Å². The van der Waals surface area contributed by atoms with Gasteiger partial charge in [-0.3, -0.25) is 10.1 Å². The Labute approximate surface area is 101 Å². The number of carbonyl (C=O) groups is 1. The van der Waals surface area contributed by atoms with Crippen LogP contribution in [-0.2, 0) is 11.2 Å². The van der Waals surface area contributed by atoms with E-state index in [0.29, 0.717) is 12.3 Å². The average molecular weight is 231 g/mol. The van der Waals surface area contributed by atoms with Crippen LogP contribution in [0.5, 0.6) is 5.75 Å². The Morgan fingerprint density at radius 1 is 1.41 bits per heavy atom. The van der Waals surface area contributed by atoms with Gasteiger partial charge in [-0.2, -0.15) is 0 Å². The van der Waals surface area contributed by atoms with E-state index in [1.165, 1.54) is 0 Å². The number of benzene rings is 1. The van der Waals surface area contributed by atoms with E-state index in [4.69, 9.17) is 4.74 Å². The number of rotatable bonds is 4. The molecule has 3 nitrogen and oxygen atoms in total. The maximum absolute atomic E-state index is 11.6. The highest BCUT2D eigenvalue weighted by atomic mass is 16.5. The number of hydrogen-bond acceptors (Lipinski definition) is 2. The molecule has 0 fully saturated rings. The quantitative estimate of drug-likeness (QED) is 0.865. The van der Waals surface area contributed by atoms with Gasteiger partial charge in [-0.25, -0.2) is 0 Å². The minimum Gasteiger partial charge on any atom is -0.441 e. The molecule has 0 radical (unpaired) electrons. The van der Waals surface area contributed by atoms with Crippen LogP contribution >= 0.6 is 0 Å². The van der Waals surface area contributed by atoms with Crippen molar-refractivity contribution in [3.63, 3.8) is 0 Å². The number of unbranched alkanes of at least 4 members (excludes halogenated alkanes) is 1. The summed E-state index contributed by atoms with van der Waals surface area (Å²) in [6.45, 7) is 2.07. The lowest BCUT2D eigenvalue weighted by atomic mass is 10.1. The number of allylic oxidation sites excluding steroid dienone is 1. The molecular formula is C14H17NO2. The summed E-state index contributed by atoms with van der Waals surface area (Å²) in [6, 6.07) is 7.86. The van der Waals surface area contributed by atoms with Gasteiger partial charge in [0.2, 0.25) is 5.91 Å². The summed E-state index contributed by atoms with van der Waals surface area (Å²) in [5.74, 6) is 1.42. The first kappa shape index (κ1) is 11.7. The minimum absolute atomic E-state index is 0.0254. The Balaban J connectivity index is 1.93. The van der Waals surface area contributed by atoms with Crippen molar-refractivity contribution in [3.05, 3.63) is 41.8 Å². The maximum atomic E-state index is 11.6. The zero-order chi connectivity index (χ0) is 12.1. The van der Waals surface area contributed by atoms with E-state index >= 15 is 0 Å². The summed E-state index contributed by atoms with van der Waals surface area (Å²) >= 11 is 0. The van der Waals surface area contributed by atoms with Gasteiger partial charge >= 0.3 is 0 Å². The van der Waals surface area contributed by atoms with Crippen molar-refractivity contribution in [2.75, 3.05) is 0 Å². The monoisotopic (exact) mass is 231 g/mol. The standard InChI is InChI=1S/C14H17NO2/c1-2-3-8-13(16)15-14-10-9-11-6-4-5-7-12(11)17-14/h4-7,10H,2-3,8-9H2,1H3,(H,15,16). The second-order valence-corrected chi connectivity index (χ2v) is 4.13. The van der Waals surface area contributed by atoms with E-state index < -0.39 is 0 Å². The Bertz CT molecular complexity index is 438. The maximum Gasteiger partial charge on any atom is 0.226 e. The third kappa shape index (κ3) is 3.09. The number of para-hydroxylation sites is 1. The van der Waals surface area contributed by atoms with Gasteiger partial charge in [0.15, 0.2) is 5.88 Å². The number of fused-ring (bicyclic) bond motifs is 1. The molecule has 0 saturated heterocycles. The number of hydrogen-bond donors (Lipinski definition) is 1. The molecule has 1 heterocycles. The molecule has 1 aliphatic rings. The molecule has 0 aliphatic carbocycles. The predicted octanol–water partition coefficient (Wildman–Crippen LogP) is 2.77. The molecule has 1 amide bonds. The van der Waals surface area contributed by atoms with Crippen LogP contribution in [0, 0.1) is 0 Å². The lowest BCUT2D eigenvalue weighted by molar-refractivity contribution is -0.121. The van der Waals surface area contributed by atoms with Crippen LogP contribution in [0.4, 0.5) is 0 Å². The predicted molar refractivity (Wildman–Crippen MR) is 66.5 cm³/mol. The summed E-state index contributed by atoms with van der Waals surface area (Å²) in [4.78, 5) is 11.6. The Morgan fingerprint density at radius 2 is 2.24 bits per heavy atom. The zero-order valence-electron chi connectivity index (χ0n) is 10.0. The SMILES string of the molecule is CCCCC(=O)NC1=CCc2ccccc2O1. The van der Waals surface area contributed by atoms with E-state index in [-0.39, 0.29) is 5.91 Å². The van der Waals surface area contributed by atoms with Gasteiger partial charge < -0.3 is 4.74 Å². The van der Waals surface area contributed by atoms with Crippen molar-refractivity contribution in [3.8, 4) is 5.75 Å². The third-order valence-electron chi connectivity index (χ3n) is 2.72. The molecule has 0 bridgehead atoms. The van der Waals surface area contributed by atoms with E-state index in [9.17, 15) is 4.79 Å². The van der Waals surface area contributed by atoms with Gasteiger partial charge in [0.25, 0.3) is 0 Å². The van der Waals surface area contributed by atoms with Crippen LogP contribution in [0.25, 0.3) is 0 Å². The number of nitrogens with one attached hydrogen (secondary N) is 1. The fourth-order valence-electron chi connectivity index (χ4n) is 1.75. The minimum atomic E-state index is 0.0254. The highest BCUT2D eigenvalue weighted by molar-refractivity contribution is 5.77. The largest absolute Gasteiger partial charge is 0.441 e. The topological polar surface area (TPSA) is 38.3 Å². The van der Waals surface area contributed by atoms with Gasteiger partial charge in [0, 0.05) is 6.42 Å². The molecule has 0 aromatic heterocycles. The smallest absolute Gasteiger partial charge is 0.226 e. The van der Waals surface area contributed by atoms with Crippen LogP contribution < -0.4 is 10.1 Å². The molecule has 0 atom stereocenters. The number of carbonyl (C=O) groups excluding carboxylic acids is 1. The summed E-state index contributed by atoms with van der Waals surface area (Å²) in [6.07, 6.45) is 5.20.